The van der Waals surface area contributed by atoms with Gasteiger partial charge in [-0.2, -0.15) is 0 Å². The maximum absolute atomic E-state index is 14.1. The summed E-state index contributed by atoms with van der Waals surface area (Å²) < 4.78 is 35.7. The van der Waals surface area contributed by atoms with Gasteiger partial charge in [-0.1, -0.05) is 46.7 Å². The molecule has 1 aromatic heterocycles. The van der Waals surface area contributed by atoms with Crippen molar-refractivity contribution >= 4 is 35.0 Å². The third kappa shape index (κ3) is 7.92. The number of benzene rings is 3. The molecule has 3 aromatic carbocycles. The maximum atomic E-state index is 14.1. The molecule has 0 spiro atoms. The molecule has 48 heavy (non-hydrogen) atoms. The van der Waals surface area contributed by atoms with Crippen molar-refractivity contribution in [3.63, 3.8) is 0 Å². The predicted octanol–water partition coefficient (Wildman–Crippen LogP) is 5.25. The topological polar surface area (TPSA) is 107 Å². The molecule has 0 N–H and O–H groups in total. The van der Waals surface area contributed by atoms with E-state index in [1.807, 2.05) is 31.2 Å². The van der Waals surface area contributed by atoms with Gasteiger partial charge in [0.1, 0.15) is 24.7 Å². The Kier molecular flexibility index (Phi) is 11.6. The molecule has 4 aromatic rings. The average molecular weight is 693 g/mol. The second kappa shape index (κ2) is 16.0. The average Bonchev–Trinajstić information content (AvgIpc) is 3.38. The fourth-order valence-corrected chi connectivity index (χ4v) is 6.42. The number of hydrogen-bond donors (Lipinski definition) is 0. The summed E-state index contributed by atoms with van der Waals surface area (Å²) in [5.41, 5.74) is 2.79. The lowest BCUT2D eigenvalue weighted by molar-refractivity contribution is -0.139. The molecule has 0 radical (unpaired) electrons. The second-order valence-corrected chi connectivity index (χ2v) is 12.2. The molecule has 0 aliphatic carbocycles. The number of fused-ring (bicyclic) bond motifs is 1. The fourth-order valence-electron chi connectivity index (χ4n) is 5.20. The molecule has 0 unspecified atom stereocenters. The van der Waals surface area contributed by atoms with Gasteiger partial charge in [-0.05, 0) is 74.9 Å². The van der Waals surface area contributed by atoms with Crippen molar-refractivity contribution in [1.82, 2.24) is 4.57 Å². The van der Waals surface area contributed by atoms with Crippen molar-refractivity contribution in [3.05, 3.63) is 113 Å². The van der Waals surface area contributed by atoms with Crippen molar-refractivity contribution in [1.29, 1.82) is 0 Å². The van der Waals surface area contributed by atoms with Crippen LogP contribution in [0, 0.1) is 6.92 Å². The van der Waals surface area contributed by atoms with Gasteiger partial charge in [-0.3, -0.25) is 9.36 Å². The molecule has 5 rings (SSSR count). The summed E-state index contributed by atoms with van der Waals surface area (Å²) in [6.07, 6.45) is 1.72. The van der Waals surface area contributed by atoms with Gasteiger partial charge >= 0.3 is 5.97 Å². The van der Waals surface area contributed by atoms with Crippen LogP contribution in [0.2, 0.25) is 5.02 Å². The number of nitrogens with zero attached hydrogens (tertiary/aromatic N) is 2. The Hall–Kier alpha value is -4.58. The minimum atomic E-state index is -0.815. The minimum absolute atomic E-state index is 0.169. The van der Waals surface area contributed by atoms with Gasteiger partial charge in [0.2, 0.25) is 0 Å². The number of halogens is 1. The monoisotopic (exact) mass is 692 g/mol. The first-order valence-electron chi connectivity index (χ1n) is 15.3. The zero-order valence-corrected chi connectivity index (χ0v) is 29.0. The predicted molar refractivity (Wildman–Crippen MR) is 184 cm³/mol. The molecule has 0 bridgehead atoms. The molecule has 10 nitrogen and oxygen atoms in total. The Morgan fingerprint density at radius 1 is 0.917 bits per heavy atom. The molecule has 1 aliphatic rings. The number of hydrogen-bond acceptors (Lipinski definition) is 10. The van der Waals surface area contributed by atoms with E-state index in [2.05, 4.69) is 4.99 Å². The van der Waals surface area contributed by atoms with Gasteiger partial charge in [-0.25, -0.2) is 9.79 Å². The van der Waals surface area contributed by atoms with E-state index in [4.69, 9.17) is 40.0 Å². The van der Waals surface area contributed by atoms with Crippen LogP contribution < -0.4 is 33.8 Å². The van der Waals surface area contributed by atoms with E-state index in [0.29, 0.717) is 68.2 Å². The standard InChI is InChI=1S/C36H37ClN2O8S/c1-6-45-35(41)32-23(3)38-36-39(33(32)24-9-13-29(42-4)30(20-24)43-5)34(40)31(48-36)21-25-19-26(37)10-14-28(25)47-18-16-44-15-17-46-27-11-7-22(2)8-12-27/h7-14,19-21,33H,6,15-18H2,1-5H3/t33-/m0/s1. The number of thiazole rings is 1. The number of aryl methyl sites for hydroxylation is 1. The Bertz CT molecular complexity index is 1980. The molecule has 0 fully saturated rings. The number of aromatic nitrogens is 1. The van der Waals surface area contributed by atoms with Crippen LogP contribution in [0.1, 0.15) is 36.6 Å². The lowest BCUT2D eigenvalue weighted by Gasteiger charge is -2.25. The van der Waals surface area contributed by atoms with Crippen LogP contribution in [0.3, 0.4) is 0 Å². The van der Waals surface area contributed by atoms with Gasteiger partial charge in [0.15, 0.2) is 16.3 Å². The van der Waals surface area contributed by atoms with E-state index in [-0.39, 0.29) is 24.3 Å². The number of methoxy groups -OCH3 is 2. The fraction of sp³-hybridized carbons (Fsp3) is 0.306. The smallest absolute Gasteiger partial charge is 0.338 e. The van der Waals surface area contributed by atoms with Crippen LogP contribution in [0.25, 0.3) is 6.08 Å². The van der Waals surface area contributed by atoms with Crippen molar-refractivity contribution < 1.29 is 33.2 Å². The van der Waals surface area contributed by atoms with E-state index in [1.165, 1.54) is 35.7 Å². The van der Waals surface area contributed by atoms with Crippen LogP contribution in [0.4, 0.5) is 0 Å². The van der Waals surface area contributed by atoms with Gasteiger partial charge in [-0.15, -0.1) is 0 Å². The zero-order valence-electron chi connectivity index (χ0n) is 27.4. The number of carbonyl (C=O) groups is 1. The van der Waals surface area contributed by atoms with Crippen molar-refractivity contribution in [2.45, 2.75) is 26.8 Å². The molecular formula is C36H37ClN2O8S. The summed E-state index contributed by atoms with van der Waals surface area (Å²) >= 11 is 7.57. The Morgan fingerprint density at radius 2 is 1.62 bits per heavy atom. The van der Waals surface area contributed by atoms with Crippen LogP contribution in [0.5, 0.6) is 23.0 Å². The highest BCUT2D eigenvalue weighted by molar-refractivity contribution is 7.07. The molecular weight excluding hydrogens is 656 g/mol. The lowest BCUT2D eigenvalue weighted by Crippen LogP contribution is -2.40. The third-order valence-electron chi connectivity index (χ3n) is 7.50. The highest BCUT2D eigenvalue weighted by Crippen LogP contribution is 2.36. The molecule has 1 atom stereocenters. The summed E-state index contributed by atoms with van der Waals surface area (Å²) in [5.74, 6) is 1.74. The van der Waals surface area contributed by atoms with Crippen molar-refractivity contribution in [2.24, 2.45) is 4.99 Å². The molecule has 252 valence electrons. The Morgan fingerprint density at radius 3 is 2.33 bits per heavy atom. The van der Waals surface area contributed by atoms with Crippen molar-refractivity contribution in [3.8, 4) is 23.0 Å². The molecule has 1 aliphatic heterocycles. The molecule has 2 heterocycles. The summed E-state index contributed by atoms with van der Waals surface area (Å²) in [4.78, 5) is 32.5. The van der Waals surface area contributed by atoms with Gasteiger partial charge < -0.3 is 28.4 Å². The van der Waals surface area contributed by atoms with Gasteiger partial charge in [0.05, 0.1) is 55.9 Å². The first-order valence-corrected chi connectivity index (χ1v) is 16.5. The highest BCUT2D eigenvalue weighted by Gasteiger charge is 2.34. The number of ether oxygens (including phenoxy) is 6. The summed E-state index contributed by atoms with van der Waals surface area (Å²) in [7, 11) is 3.07. The Balaban J connectivity index is 1.40. The maximum Gasteiger partial charge on any atom is 0.338 e. The van der Waals surface area contributed by atoms with E-state index in [1.54, 1.807) is 56.3 Å². The lowest BCUT2D eigenvalue weighted by atomic mass is 9.95. The molecule has 0 saturated carbocycles. The number of carbonyl (C=O) groups excluding carboxylic acids is 1. The highest BCUT2D eigenvalue weighted by atomic mass is 35.5. The largest absolute Gasteiger partial charge is 0.493 e. The quantitative estimate of drug-likeness (QED) is 0.130. The molecule has 0 saturated heterocycles. The van der Waals surface area contributed by atoms with E-state index < -0.39 is 12.0 Å². The first-order chi connectivity index (χ1) is 23.2. The summed E-state index contributed by atoms with van der Waals surface area (Å²) in [5, 5.41) is 0.481. The van der Waals surface area contributed by atoms with Crippen LogP contribution in [-0.4, -0.2) is 57.8 Å². The third-order valence-corrected chi connectivity index (χ3v) is 8.72. The SMILES string of the molecule is CCOC(=O)C1=C(C)N=c2sc(=Cc3cc(Cl)ccc3OCCOCCOc3ccc(C)cc3)c(=O)n2[C@H]1c1ccc(OC)c(OC)c1. The Labute approximate surface area is 287 Å². The number of allylic oxidation sites excluding steroid dienone is 1. The van der Waals surface area contributed by atoms with E-state index in [9.17, 15) is 9.59 Å². The van der Waals surface area contributed by atoms with Crippen LogP contribution in [-0.2, 0) is 14.3 Å². The number of rotatable bonds is 14. The van der Waals surface area contributed by atoms with Crippen molar-refractivity contribution in [2.75, 3.05) is 47.3 Å². The second-order valence-electron chi connectivity index (χ2n) is 10.7. The van der Waals surface area contributed by atoms with Crippen LogP contribution in [0.15, 0.2) is 81.7 Å². The van der Waals surface area contributed by atoms with E-state index >= 15 is 0 Å². The zero-order chi connectivity index (χ0) is 34.2. The summed E-state index contributed by atoms with van der Waals surface area (Å²) in [6.45, 7) is 7.08. The van der Waals surface area contributed by atoms with Crippen LogP contribution >= 0.6 is 22.9 Å². The first kappa shape index (κ1) is 34.7. The normalized spacial score (nSPS) is 14.3. The van der Waals surface area contributed by atoms with Gasteiger partial charge in [0, 0.05) is 10.6 Å². The van der Waals surface area contributed by atoms with E-state index in [0.717, 1.165) is 5.75 Å². The molecule has 0 amide bonds. The summed E-state index contributed by atoms with van der Waals surface area (Å²) in [6, 6.07) is 17.5. The molecule has 12 heteroatoms. The van der Waals surface area contributed by atoms with Gasteiger partial charge in [0.25, 0.3) is 5.56 Å². The number of esters is 1. The minimum Gasteiger partial charge on any atom is -0.493 e.